The van der Waals surface area contributed by atoms with Crippen LogP contribution in [0.4, 0.5) is 0 Å². The van der Waals surface area contributed by atoms with Crippen LogP contribution in [0.3, 0.4) is 0 Å². The fourth-order valence-electron chi connectivity index (χ4n) is 2.86. The van der Waals surface area contributed by atoms with E-state index in [9.17, 15) is 5.11 Å². The number of nitrogens with one attached hydrogen (secondary N) is 1. The molecule has 0 spiro atoms. The molecule has 1 atom stereocenters. The monoisotopic (exact) mass is 251 g/mol. The van der Waals surface area contributed by atoms with Crippen LogP contribution in [0.25, 0.3) is 0 Å². The Labute approximate surface area is 109 Å². The smallest absolute Gasteiger partial charge is 0.0946 e. The second-order valence-electron chi connectivity index (χ2n) is 5.76. The molecule has 0 amide bonds. The Bertz CT molecular complexity index is 331. The van der Waals surface area contributed by atoms with Crippen LogP contribution in [0.2, 0.25) is 0 Å². The lowest BCUT2D eigenvalue weighted by molar-refractivity contribution is 0.0783. The molecule has 1 unspecified atom stereocenters. The summed E-state index contributed by atoms with van der Waals surface area (Å²) in [6.07, 6.45) is 11.8. The average Bonchev–Trinajstić information content (AvgIpc) is 2.90. The highest BCUT2D eigenvalue weighted by atomic mass is 16.3. The van der Waals surface area contributed by atoms with Crippen LogP contribution < -0.4 is 5.32 Å². The van der Waals surface area contributed by atoms with Gasteiger partial charge < -0.3 is 15.0 Å². The molecule has 1 fully saturated rings. The summed E-state index contributed by atoms with van der Waals surface area (Å²) in [5.41, 5.74) is 0.126. The van der Waals surface area contributed by atoms with E-state index in [-0.39, 0.29) is 5.41 Å². The van der Waals surface area contributed by atoms with Gasteiger partial charge in [0.25, 0.3) is 0 Å². The number of hydrogen-bond donors (Lipinski definition) is 2. The molecule has 18 heavy (non-hydrogen) atoms. The Balaban J connectivity index is 1.78. The van der Waals surface area contributed by atoms with E-state index in [0.29, 0.717) is 12.6 Å². The molecule has 102 valence electrons. The predicted octanol–water partition coefficient (Wildman–Crippen LogP) is 1.80. The van der Waals surface area contributed by atoms with Gasteiger partial charge in [-0.2, -0.15) is 0 Å². The van der Waals surface area contributed by atoms with Crippen molar-refractivity contribution in [2.24, 2.45) is 5.41 Å². The first-order chi connectivity index (χ1) is 8.74. The molecule has 1 heterocycles. The van der Waals surface area contributed by atoms with E-state index in [1.807, 2.05) is 18.7 Å². The number of nitrogens with zero attached hydrogens (tertiary/aromatic N) is 2. The normalized spacial score (nSPS) is 20.8. The zero-order valence-electron chi connectivity index (χ0n) is 11.3. The van der Waals surface area contributed by atoms with E-state index in [2.05, 4.69) is 21.8 Å². The number of imidazole rings is 1. The van der Waals surface area contributed by atoms with Gasteiger partial charge in [0.2, 0.25) is 0 Å². The lowest BCUT2D eigenvalue weighted by atomic mass is 9.74. The molecule has 1 aromatic rings. The van der Waals surface area contributed by atoms with Crippen molar-refractivity contribution in [2.45, 2.75) is 51.6 Å². The van der Waals surface area contributed by atoms with Gasteiger partial charge in [0.1, 0.15) is 0 Å². The molecular weight excluding hydrogens is 226 g/mol. The van der Waals surface area contributed by atoms with E-state index in [0.717, 1.165) is 25.9 Å². The van der Waals surface area contributed by atoms with Crippen LogP contribution in [0.15, 0.2) is 18.7 Å². The van der Waals surface area contributed by atoms with Gasteiger partial charge >= 0.3 is 0 Å². The second-order valence-corrected chi connectivity index (χ2v) is 5.76. The molecule has 0 radical (unpaired) electrons. The summed E-state index contributed by atoms with van der Waals surface area (Å²) < 4.78 is 2.09. The molecule has 0 bridgehead atoms. The van der Waals surface area contributed by atoms with Crippen LogP contribution in [-0.4, -0.2) is 33.9 Å². The molecule has 1 aromatic heterocycles. The predicted molar refractivity (Wildman–Crippen MR) is 72.3 cm³/mol. The highest BCUT2D eigenvalue weighted by Crippen LogP contribution is 2.35. The fourth-order valence-corrected chi connectivity index (χ4v) is 2.86. The topological polar surface area (TPSA) is 50.1 Å². The summed E-state index contributed by atoms with van der Waals surface area (Å²) in [5, 5.41) is 13.2. The summed E-state index contributed by atoms with van der Waals surface area (Å²) in [5.74, 6) is 0. The first kappa shape index (κ1) is 13.6. The Hall–Kier alpha value is -0.870. The Morgan fingerprint density at radius 1 is 1.39 bits per heavy atom. The number of hydrogen-bond acceptors (Lipinski definition) is 3. The van der Waals surface area contributed by atoms with Gasteiger partial charge in [0.05, 0.1) is 6.33 Å². The third-order valence-corrected chi connectivity index (χ3v) is 4.12. The molecule has 0 aliphatic heterocycles. The maximum absolute atomic E-state index is 9.66. The standard InChI is InChI=1S/C14H25N3O/c1-13(9-17-8-7-15-12-17)16-10-14(11-18)5-3-2-4-6-14/h7-8,12-13,16,18H,2-6,9-11H2,1H3. The van der Waals surface area contributed by atoms with Gasteiger partial charge in [-0.25, -0.2) is 4.98 Å². The van der Waals surface area contributed by atoms with E-state index >= 15 is 0 Å². The van der Waals surface area contributed by atoms with Crippen molar-refractivity contribution in [1.82, 2.24) is 14.9 Å². The SMILES string of the molecule is CC(Cn1ccnc1)NCC1(CO)CCCCC1. The zero-order valence-corrected chi connectivity index (χ0v) is 11.3. The van der Waals surface area contributed by atoms with Gasteiger partial charge in [-0.3, -0.25) is 0 Å². The zero-order chi connectivity index (χ0) is 12.8. The first-order valence-corrected chi connectivity index (χ1v) is 7.04. The molecule has 0 saturated heterocycles. The van der Waals surface area contributed by atoms with Crippen LogP contribution in [0.5, 0.6) is 0 Å². The van der Waals surface area contributed by atoms with Crippen molar-refractivity contribution in [3.63, 3.8) is 0 Å². The summed E-state index contributed by atoms with van der Waals surface area (Å²) in [7, 11) is 0. The van der Waals surface area contributed by atoms with Gasteiger partial charge in [0.15, 0.2) is 0 Å². The Morgan fingerprint density at radius 3 is 2.78 bits per heavy atom. The highest BCUT2D eigenvalue weighted by molar-refractivity contribution is 4.85. The van der Waals surface area contributed by atoms with Gasteiger partial charge in [-0.1, -0.05) is 19.3 Å². The second kappa shape index (κ2) is 6.34. The van der Waals surface area contributed by atoms with Gasteiger partial charge in [0, 0.05) is 43.5 Å². The summed E-state index contributed by atoms with van der Waals surface area (Å²) in [6, 6.07) is 0.407. The van der Waals surface area contributed by atoms with Crippen molar-refractivity contribution >= 4 is 0 Å². The van der Waals surface area contributed by atoms with Crippen LogP contribution in [0, 0.1) is 5.41 Å². The minimum Gasteiger partial charge on any atom is -0.396 e. The van der Waals surface area contributed by atoms with Crippen molar-refractivity contribution in [3.05, 3.63) is 18.7 Å². The molecule has 0 aromatic carbocycles. The summed E-state index contributed by atoms with van der Waals surface area (Å²) >= 11 is 0. The average molecular weight is 251 g/mol. The third kappa shape index (κ3) is 3.56. The van der Waals surface area contributed by atoms with Crippen molar-refractivity contribution in [2.75, 3.05) is 13.2 Å². The van der Waals surface area contributed by atoms with E-state index in [4.69, 9.17) is 0 Å². The van der Waals surface area contributed by atoms with Crippen molar-refractivity contribution in [1.29, 1.82) is 0 Å². The number of aromatic nitrogens is 2. The quantitative estimate of drug-likeness (QED) is 0.810. The van der Waals surface area contributed by atoms with Crippen molar-refractivity contribution < 1.29 is 5.11 Å². The fraction of sp³-hybridized carbons (Fsp3) is 0.786. The molecule has 2 rings (SSSR count). The van der Waals surface area contributed by atoms with E-state index in [1.165, 1.54) is 19.3 Å². The Morgan fingerprint density at radius 2 is 2.17 bits per heavy atom. The Kier molecular flexibility index (Phi) is 4.78. The first-order valence-electron chi connectivity index (χ1n) is 7.04. The van der Waals surface area contributed by atoms with Crippen LogP contribution >= 0.6 is 0 Å². The van der Waals surface area contributed by atoms with E-state index < -0.39 is 0 Å². The lowest BCUT2D eigenvalue weighted by Crippen LogP contribution is -2.43. The maximum atomic E-state index is 9.66. The summed E-state index contributed by atoms with van der Waals surface area (Å²) in [4.78, 5) is 4.05. The molecular formula is C14H25N3O. The molecule has 1 aliphatic rings. The van der Waals surface area contributed by atoms with Crippen LogP contribution in [-0.2, 0) is 6.54 Å². The third-order valence-electron chi connectivity index (χ3n) is 4.12. The molecule has 1 aliphatic carbocycles. The number of aliphatic hydroxyl groups excluding tert-OH is 1. The van der Waals surface area contributed by atoms with Crippen molar-refractivity contribution in [3.8, 4) is 0 Å². The number of aliphatic hydroxyl groups is 1. The lowest BCUT2D eigenvalue weighted by Gasteiger charge is -2.36. The molecule has 2 N–H and O–H groups in total. The van der Waals surface area contributed by atoms with Crippen LogP contribution in [0.1, 0.15) is 39.0 Å². The molecule has 4 heteroatoms. The number of rotatable bonds is 6. The molecule has 4 nitrogen and oxygen atoms in total. The molecule has 1 saturated carbocycles. The van der Waals surface area contributed by atoms with Gasteiger partial charge in [-0.05, 0) is 19.8 Å². The minimum atomic E-state index is 0.126. The largest absolute Gasteiger partial charge is 0.396 e. The van der Waals surface area contributed by atoms with Gasteiger partial charge in [-0.15, -0.1) is 0 Å². The van der Waals surface area contributed by atoms with E-state index in [1.54, 1.807) is 0 Å². The minimum absolute atomic E-state index is 0.126. The highest BCUT2D eigenvalue weighted by Gasteiger charge is 2.31. The summed E-state index contributed by atoms with van der Waals surface area (Å²) in [6.45, 7) is 4.37. The maximum Gasteiger partial charge on any atom is 0.0946 e.